The van der Waals surface area contributed by atoms with E-state index < -0.39 is 0 Å². The van der Waals surface area contributed by atoms with Crippen LogP contribution in [0.2, 0.25) is 0 Å². The lowest BCUT2D eigenvalue weighted by atomic mass is 9.86. The van der Waals surface area contributed by atoms with Gasteiger partial charge in [-0.05, 0) is 35.1 Å². The van der Waals surface area contributed by atoms with Crippen molar-refractivity contribution in [2.24, 2.45) is 0 Å². The highest BCUT2D eigenvalue weighted by molar-refractivity contribution is 5.63. The molecule has 4 nitrogen and oxygen atoms in total. The van der Waals surface area contributed by atoms with Crippen molar-refractivity contribution >= 4 is 5.69 Å². The van der Waals surface area contributed by atoms with Gasteiger partial charge in [-0.15, -0.1) is 0 Å². The summed E-state index contributed by atoms with van der Waals surface area (Å²) in [6.07, 6.45) is 0.735. The second-order valence-corrected chi connectivity index (χ2v) is 7.30. The minimum absolute atomic E-state index is 0.170. The molecule has 0 atom stereocenters. The van der Waals surface area contributed by atoms with E-state index in [2.05, 4.69) is 60.2 Å². The Balaban J connectivity index is 1.77. The van der Waals surface area contributed by atoms with Gasteiger partial charge in [0.15, 0.2) is 5.82 Å². The van der Waals surface area contributed by atoms with Crippen LogP contribution in [0.25, 0.3) is 11.4 Å². The minimum atomic E-state index is 0.170. The molecule has 0 saturated heterocycles. The van der Waals surface area contributed by atoms with E-state index in [9.17, 15) is 0 Å². The van der Waals surface area contributed by atoms with Gasteiger partial charge in [0.2, 0.25) is 0 Å². The average Bonchev–Trinajstić information content (AvgIpc) is 2.98. The number of nitrogens with zero attached hydrogens (tertiary/aromatic N) is 2. The molecule has 0 radical (unpaired) electrons. The molecule has 0 aliphatic carbocycles. The first-order valence-corrected chi connectivity index (χ1v) is 8.20. The van der Waals surface area contributed by atoms with Crippen molar-refractivity contribution in [3.8, 4) is 11.4 Å². The van der Waals surface area contributed by atoms with Crippen molar-refractivity contribution in [3.05, 3.63) is 65.0 Å². The summed E-state index contributed by atoms with van der Waals surface area (Å²) in [5.41, 5.74) is 11.4. The maximum absolute atomic E-state index is 5.97. The van der Waals surface area contributed by atoms with Gasteiger partial charge in [0, 0.05) is 17.7 Å². The standard InChI is InChI=1S/C20H24N4/c1-13-5-8-15(12-17(13)21)19-22-18(23-24-19)11-14-6-9-16(10-7-14)20(2,3)4/h5-10,12H,11,21H2,1-4H3,(H,22,23,24). The molecule has 3 aromatic rings. The van der Waals surface area contributed by atoms with E-state index in [4.69, 9.17) is 5.73 Å². The predicted octanol–water partition coefficient (Wildman–Crippen LogP) is 4.25. The van der Waals surface area contributed by atoms with Gasteiger partial charge in [0.25, 0.3) is 0 Å². The Morgan fingerprint density at radius 2 is 1.75 bits per heavy atom. The van der Waals surface area contributed by atoms with Gasteiger partial charge in [-0.3, -0.25) is 5.10 Å². The molecule has 3 rings (SSSR count). The average molecular weight is 320 g/mol. The first kappa shape index (κ1) is 16.2. The van der Waals surface area contributed by atoms with Crippen LogP contribution in [0.1, 0.15) is 43.3 Å². The van der Waals surface area contributed by atoms with Gasteiger partial charge < -0.3 is 5.73 Å². The predicted molar refractivity (Wildman–Crippen MR) is 98.9 cm³/mol. The first-order chi connectivity index (χ1) is 11.3. The summed E-state index contributed by atoms with van der Waals surface area (Å²) in [6, 6.07) is 14.6. The van der Waals surface area contributed by atoms with E-state index in [-0.39, 0.29) is 5.41 Å². The van der Waals surface area contributed by atoms with E-state index in [1.807, 2.05) is 25.1 Å². The molecule has 0 saturated carbocycles. The lowest BCUT2D eigenvalue weighted by Gasteiger charge is -2.19. The number of rotatable bonds is 3. The number of hydrogen-bond acceptors (Lipinski definition) is 3. The zero-order valence-electron chi connectivity index (χ0n) is 14.7. The van der Waals surface area contributed by atoms with Crippen LogP contribution in [0.3, 0.4) is 0 Å². The highest BCUT2D eigenvalue weighted by Crippen LogP contribution is 2.23. The monoisotopic (exact) mass is 320 g/mol. The third-order valence-corrected chi connectivity index (χ3v) is 4.26. The quantitative estimate of drug-likeness (QED) is 0.709. The number of hydrogen-bond donors (Lipinski definition) is 2. The van der Waals surface area contributed by atoms with Crippen molar-refractivity contribution < 1.29 is 0 Å². The molecular formula is C20H24N4. The van der Waals surface area contributed by atoms with Crippen molar-refractivity contribution in [2.75, 3.05) is 5.73 Å². The molecule has 0 unspecified atom stereocenters. The van der Waals surface area contributed by atoms with Gasteiger partial charge in [-0.25, -0.2) is 4.98 Å². The minimum Gasteiger partial charge on any atom is -0.398 e. The summed E-state index contributed by atoms with van der Waals surface area (Å²) in [6.45, 7) is 8.65. The maximum atomic E-state index is 5.97. The number of benzene rings is 2. The van der Waals surface area contributed by atoms with Crippen LogP contribution in [0.4, 0.5) is 5.69 Å². The maximum Gasteiger partial charge on any atom is 0.181 e. The van der Waals surface area contributed by atoms with Crippen molar-refractivity contribution in [2.45, 2.75) is 39.5 Å². The smallest absolute Gasteiger partial charge is 0.181 e. The lowest BCUT2D eigenvalue weighted by Crippen LogP contribution is -2.10. The summed E-state index contributed by atoms with van der Waals surface area (Å²) in [4.78, 5) is 4.60. The molecule has 3 N–H and O–H groups in total. The SMILES string of the molecule is Cc1ccc(-c2n[nH]c(Cc3ccc(C(C)(C)C)cc3)n2)cc1N. The topological polar surface area (TPSA) is 67.6 Å². The Labute approximate surface area is 143 Å². The zero-order chi connectivity index (χ0) is 17.3. The Hall–Kier alpha value is -2.62. The Morgan fingerprint density at radius 1 is 1.04 bits per heavy atom. The molecule has 0 amide bonds. The molecule has 24 heavy (non-hydrogen) atoms. The van der Waals surface area contributed by atoms with Crippen molar-refractivity contribution in [3.63, 3.8) is 0 Å². The molecule has 1 heterocycles. The number of aryl methyl sites for hydroxylation is 1. The molecule has 1 aromatic heterocycles. The van der Waals surface area contributed by atoms with Crippen molar-refractivity contribution in [1.82, 2.24) is 15.2 Å². The normalized spacial score (nSPS) is 11.7. The molecular weight excluding hydrogens is 296 g/mol. The number of H-pyrrole nitrogens is 1. The fraction of sp³-hybridized carbons (Fsp3) is 0.300. The number of nitrogens with two attached hydrogens (primary N) is 1. The summed E-state index contributed by atoms with van der Waals surface area (Å²) >= 11 is 0. The number of aromatic amines is 1. The molecule has 0 aliphatic heterocycles. The number of aromatic nitrogens is 3. The van der Waals surface area contributed by atoms with Gasteiger partial charge >= 0.3 is 0 Å². The Kier molecular flexibility index (Phi) is 4.14. The molecule has 124 valence electrons. The van der Waals surface area contributed by atoms with Gasteiger partial charge in [0.05, 0.1) is 0 Å². The third-order valence-electron chi connectivity index (χ3n) is 4.26. The van der Waals surface area contributed by atoms with E-state index in [0.29, 0.717) is 5.82 Å². The van der Waals surface area contributed by atoms with Crippen molar-refractivity contribution in [1.29, 1.82) is 0 Å². The molecule has 4 heteroatoms. The molecule has 2 aromatic carbocycles. The third kappa shape index (κ3) is 3.48. The van der Waals surface area contributed by atoms with Crippen LogP contribution < -0.4 is 5.73 Å². The molecule has 0 aliphatic rings. The Morgan fingerprint density at radius 3 is 2.38 bits per heavy atom. The number of anilines is 1. The van der Waals surface area contributed by atoms with Gasteiger partial charge in [-0.1, -0.05) is 57.2 Å². The molecule has 0 bridgehead atoms. The van der Waals surface area contributed by atoms with Gasteiger partial charge in [0.1, 0.15) is 5.82 Å². The largest absolute Gasteiger partial charge is 0.398 e. The summed E-state index contributed by atoms with van der Waals surface area (Å²) in [5, 5.41) is 7.35. The highest BCUT2D eigenvalue weighted by Gasteiger charge is 2.13. The molecule has 0 spiro atoms. The van der Waals surface area contributed by atoms with E-state index in [0.717, 1.165) is 29.1 Å². The second kappa shape index (κ2) is 6.11. The highest BCUT2D eigenvalue weighted by atomic mass is 15.2. The second-order valence-electron chi connectivity index (χ2n) is 7.30. The van der Waals surface area contributed by atoms with E-state index in [1.54, 1.807) is 0 Å². The van der Waals surface area contributed by atoms with Crippen LogP contribution in [-0.2, 0) is 11.8 Å². The van der Waals surface area contributed by atoms with Crippen LogP contribution in [0, 0.1) is 6.92 Å². The Bertz CT molecular complexity index is 839. The fourth-order valence-corrected chi connectivity index (χ4v) is 2.60. The van der Waals surface area contributed by atoms with Gasteiger partial charge in [-0.2, -0.15) is 5.10 Å². The summed E-state index contributed by atoms with van der Waals surface area (Å²) in [5.74, 6) is 1.54. The van der Waals surface area contributed by atoms with Crippen LogP contribution in [0.15, 0.2) is 42.5 Å². The van der Waals surface area contributed by atoms with Crippen LogP contribution in [0.5, 0.6) is 0 Å². The van der Waals surface area contributed by atoms with Crippen LogP contribution in [-0.4, -0.2) is 15.2 Å². The van der Waals surface area contributed by atoms with Crippen LogP contribution >= 0.6 is 0 Å². The summed E-state index contributed by atoms with van der Waals surface area (Å²) in [7, 11) is 0. The number of nitrogens with one attached hydrogen (secondary N) is 1. The summed E-state index contributed by atoms with van der Waals surface area (Å²) < 4.78 is 0. The number of nitrogen functional groups attached to an aromatic ring is 1. The molecule has 0 fully saturated rings. The first-order valence-electron chi connectivity index (χ1n) is 8.20. The zero-order valence-corrected chi connectivity index (χ0v) is 14.7. The van der Waals surface area contributed by atoms with E-state index in [1.165, 1.54) is 11.1 Å². The fourth-order valence-electron chi connectivity index (χ4n) is 2.60. The van der Waals surface area contributed by atoms with E-state index >= 15 is 0 Å². The lowest BCUT2D eigenvalue weighted by molar-refractivity contribution is 0.590.